The molecule has 0 unspecified atom stereocenters. The van der Waals surface area contributed by atoms with Crippen LogP contribution in [0.4, 0.5) is 0 Å². The number of benzene rings is 1. The molecule has 1 aromatic rings. The van der Waals surface area contributed by atoms with Gasteiger partial charge < -0.3 is 9.47 Å². The standard InChI is InChI=1S/C14H22O2/c1-11(2)13-8-6-12(7-9-13)10-14(3,15-4)16-5/h6-9,11H,10H2,1-5H3. The first-order valence-electron chi connectivity index (χ1n) is 5.70. The van der Waals surface area contributed by atoms with Crippen LogP contribution in [0.15, 0.2) is 24.3 Å². The van der Waals surface area contributed by atoms with Gasteiger partial charge in [-0.3, -0.25) is 0 Å². The van der Waals surface area contributed by atoms with Crippen molar-refractivity contribution in [2.45, 2.75) is 38.9 Å². The molecule has 0 saturated carbocycles. The summed E-state index contributed by atoms with van der Waals surface area (Å²) in [5, 5.41) is 0. The Labute approximate surface area is 98.6 Å². The first-order chi connectivity index (χ1) is 7.50. The van der Waals surface area contributed by atoms with E-state index in [9.17, 15) is 0 Å². The van der Waals surface area contributed by atoms with Crippen LogP contribution in [0.1, 0.15) is 37.8 Å². The van der Waals surface area contributed by atoms with Crippen LogP contribution in [0.2, 0.25) is 0 Å². The van der Waals surface area contributed by atoms with Crippen molar-refractivity contribution in [2.75, 3.05) is 14.2 Å². The minimum absolute atomic E-state index is 0.528. The van der Waals surface area contributed by atoms with Crippen molar-refractivity contribution in [3.05, 3.63) is 35.4 Å². The normalized spacial score (nSPS) is 12.1. The highest BCUT2D eigenvalue weighted by Gasteiger charge is 2.22. The molecule has 0 fully saturated rings. The van der Waals surface area contributed by atoms with Crippen LogP contribution in [-0.2, 0) is 15.9 Å². The van der Waals surface area contributed by atoms with Gasteiger partial charge in [-0.05, 0) is 24.0 Å². The van der Waals surface area contributed by atoms with E-state index in [1.807, 2.05) is 6.92 Å². The SMILES string of the molecule is COC(C)(Cc1ccc(C(C)C)cc1)OC. The molecule has 0 bridgehead atoms. The van der Waals surface area contributed by atoms with E-state index in [1.54, 1.807) is 14.2 Å². The molecule has 0 aliphatic rings. The topological polar surface area (TPSA) is 18.5 Å². The molecule has 0 heterocycles. The summed E-state index contributed by atoms with van der Waals surface area (Å²) >= 11 is 0. The third-order valence-electron chi connectivity index (χ3n) is 3.04. The van der Waals surface area contributed by atoms with Gasteiger partial charge in [-0.2, -0.15) is 0 Å². The van der Waals surface area contributed by atoms with Gasteiger partial charge in [0.05, 0.1) is 0 Å². The monoisotopic (exact) mass is 222 g/mol. The molecule has 0 aliphatic carbocycles. The van der Waals surface area contributed by atoms with E-state index in [2.05, 4.69) is 38.1 Å². The molecule has 0 N–H and O–H groups in total. The predicted molar refractivity (Wildman–Crippen MR) is 66.7 cm³/mol. The van der Waals surface area contributed by atoms with Crippen molar-refractivity contribution in [1.29, 1.82) is 0 Å². The lowest BCUT2D eigenvalue weighted by atomic mass is 9.99. The van der Waals surface area contributed by atoms with E-state index in [1.165, 1.54) is 11.1 Å². The molecular weight excluding hydrogens is 200 g/mol. The largest absolute Gasteiger partial charge is 0.353 e. The molecule has 0 radical (unpaired) electrons. The average Bonchev–Trinajstić information content (AvgIpc) is 2.29. The summed E-state index contributed by atoms with van der Waals surface area (Å²) in [4.78, 5) is 0. The minimum atomic E-state index is -0.528. The summed E-state index contributed by atoms with van der Waals surface area (Å²) in [6, 6.07) is 8.63. The summed E-state index contributed by atoms with van der Waals surface area (Å²) in [6.45, 7) is 6.34. The second kappa shape index (κ2) is 5.46. The van der Waals surface area contributed by atoms with Gasteiger partial charge in [-0.15, -0.1) is 0 Å². The van der Waals surface area contributed by atoms with E-state index in [4.69, 9.17) is 9.47 Å². The fourth-order valence-electron chi connectivity index (χ4n) is 1.62. The molecular formula is C14H22O2. The summed E-state index contributed by atoms with van der Waals surface area (Å²) in [5.41, 5.74) is 2.59. The first-order valence-corrected chi connectivity index (χ1v) is 5.70. The lowest BCUT2D eigenvalue weighted by molar-refractivity contribution is -0.191. The highest BCUT2D eigenvalue weighted by Crippen LogP contribution is 2.20. The summed E-state index contributed by atoms with van der Waals surface area (Å²) in [5.74, 6) is 0.0459. The minimum Gasteiger partial charge on any atom is -0.353 e. The lowest BCUT2D eigenvalue weighted by Gasteiger charge is -2.26. The van der Waals surface area contributed by atoms with Crippen LogP contribution in [0.25, 0.3) is 0 Å². The zero-order valence-corrected chi connectivity index (χ0v) is 10.9. The van der Waals surface area contributed by atoms with Crippen molar-refractivity contribution in [2.24, 2.45) is 0 Å². The average molecular weight is 222 g/mol. The summed E-state index contributed by atoms with van der Waals surface area (Å²) < 4.78 is 10.7. The van der Waals surface area contributed by atoms with E-state index in [-0.39, 0.29) is 0 Å². The predicted octanol–water partition coefficient (Wildman–Crippen LogP) is 3.36. The maximum atomic E-state index is 5.35. The number of hydrogen-bond acceptors (Lipinski definition) is 2. The maximum absolute atomic E-state index is 5.35. The van der Waals surface area contributed by atoms with Gasteiger partial charge in [0, 0.05) is 20.6 Å². The summed E-state index contributed by atoms with van der Waals surface area (Å²) in [6.07, 6.45) is 0.762. The molecule has 0 amide bonds. The van der Waals surface area contributed by atoms with Gasteiger partial charge in [0.15, 0.2) is 5.79 Å². The van der Waals surface area contributed by atoms with E-state index >= 15 is 0 Å². The quantitative estimate of drug-likeness (QED) is 0.711. The zero-order chi connectivity index (χ0) is 12.2. The summed E-state index contributed by atoms with van der Waals surface area (Å²) in [7, 11) is 3.35. The van der Waals surface area contributed by atoms with Gasteiger partial charge in [-0.1, -0.05) is 38.1 Å². The van der Waals surface area contributed by atoms with Crippen LogP contribution in [0, 0.1) is 0 Å². The van der Waals surface area contributed by atoms with Gasteiger partial charge in [0.25, 0.3) is 0 Å². The Balaban J connectivity index is 2.75. The van der Waals surface area contributed by atoms with Crippen molar-refractivity contribution in [3.8, 4) is 0 Å². The highest BCUT2D eigenvalue weighted by molar-refractivity contribution is 5.25. The zero-order valence-electron chi connectivity index (χ0n) is 10.9. The first kappa shape index (κ1) is 13.2. The van der Waals surface area contributed by atoms with Gasteiger partial charge in [0.2, 0.25) is 0 Å². The van der Waals surface area contributed by atoms with Gasteiger partial charge in [0.1, 0.15) is 0 Å². The van der Waals surface area contributed by atoms with Crippen molar-refractivity contribution in [3.63, 3.8) is 0 Å². The van der Waals surface area contributed by atoms with E-state index in [0.717, 1.165) is 6.42 Å². The molecule has 2 heteroatoms. The Bertz CT molecular complexity index is 310. The Hall–Kier alpha value is -0.860. The molecule has 0 aromatic heterocycles. The third kappa shape index (κ3) is 3.32. The molecule has 2 nitrogen and oxygen atoms in total. The smallest absolute Gasteiger partial charge is 0.168 e. The molecule has 16 heavy (non-hydrogen) atoms. The Morgan fingerprint density at radius 1 is 1.06 bits per heavy atom. The number of rotatable bonds is 5. The molecule has 0 atom stereocenters. The fraction of sp³-hybridized carbons (Fsp3) is 0.571. The Morgan fingerprint density at radius 2 is 1.56 bits per heavy atom. The fourth-order valence-corrected chi connectivity index (χ4v) is 1.62. The molecule has 0 aliphatic heterocycles. The lowest BCUT2D eigenvalue weighted by Crippen LogP contribution is -2.32. The molecule has 1 rings (SSSR count). The number of ether oxygens (including phenoxy) is 2. The van der Waals surface area contributed by atoms with Crippen LogP contribution >= 0.6 is 0 Å². The van der Waals surface area contributed by atoms with Crippen molar-refractivity contribution >= 4 is 0 Å². The molecule has 90 valence electrons. The third-order valence-corrected chi connectivity index (χ3v) is 3.04. The number of methoxy groups -OCH3 is 2. The van der Waals surface area contributed by atoms with Crippen molar-refractivity contribution in [1.82, 2.24) is 0 Å². The molecule has 0 saturated heterocycles. The van der Waals surface area contributed by atoms with Crippen LogP contribution in [-0.4, -0.2) is 20.0 Å². The second-order valence-electron chi connectivity index (χ2n) is 4.62. The Morgan fingerprint density at radius 3 is 1.94 bits per heavy atom. The van der Waals surface area contributed by atoms with Gasteiger partial charge >= 0.3 is 0 Å². The molecule has 1 aromatic carbocycles. The van der Waals surface area contributed by atoms with Crippen LogP contribution in [0.3, 0.4) is 0 Å². The van der Waals surface area contributed by atoms with E-state index in [0.29, 0.717) is 5.92 Å². The number of hydrogen-bond donors (Lipinski definition) is 0. The van der Waals surface area contributed by atoms with E-state index < -0.39 is 5.79 Å². The van der Waals surface area contributed by atoms with Gasteiger partial charge in [-0.25, -0.2) is 0 Å². The maximum Gasteiger partial charge on any atom is 0.168 e. The Kier molecular flexibility index (Phi) is 4.51. The molecule has 0 spiro atoms. The highest BCUT2D eigenvalue weighted by atomic mass is 16.7. The van der Waals surface area contributed by atoms with Crippen LogP contribution < -0.4 is 0 Å². The van der Waals surface area contributed by atoms with Crippen LogP contribution in [0.5, 0.6) is 0 Å². The van der Waals surface area contributed by atoms with Crippen molar-refractivity contribution < 1.29 is 9.47 Å². The second-order valence-corrected chi connectivity index (χ2v) is 4.62.